The van der Waals surface area contributed by atoms with Gasteiger partial charge in [-0.1, -0.05) is 80.1 Å². The van der Waals surface area contributed by atoms with Crippen LogP contribution in [0.4, 0.5) is 0 Å². The van der Waals surface area contributed by atoms with E-state index in [9.17, 15) is 27.6 Å². The van der Waals surface area contributed by atoms with E-state index in [2.05, 4.69) is 53.3 Å². The molecule has 0 aromatic heterocycles. The van der Waals surface area contributed by atoms with Crippen LogP contribution >= 0.6 is 0 Å². The van der Waals surface area contributed by atoms with Crippen molar-refractivity contribution in [2.45, 2.75) is 201 Å². The average molecular weight is 860 g/mol. The van der Waals surface area contributed by atoms with Crippen molar-refractivity contribution >= 4 is 39.7 Å². The molecule has 2 aliphatic heterocycles. The summed E-state index contributed by atoms with van der Waals surface area (Å²) in [5.41, 5.74) is -2.67. The first-order valence-electron chi connectivity index (χ1n) is 23.2. The number of nitrogens with zero attached hydrogens (tertiary/aromatic N) is 3. The molecule has 4 aliphatic carbocycles. The highest BCUT2D eigenvalue weighted by Crippen LogP contribution is 2.88. The van der Waals surface area contributed by atoms with Gasteiger partial charge in [-0.15, -0.1) is 0 Å². The van der Waals surface area contributed by atoms with Crippen LogP contribution in [0.15, 0.2) is 0 Å². The highest BCUT2D eigenvalue weighted by atomic mass is 32.2. The SMILES string of the molecule is CC[C@@H]1C[C@]1(NC(=O)[C@@H]1C[C@@]2(CN1C(=O)[C@@H](NC(=O)[C@@H](NC(=O)[C@@H]1CCCCN1C(C)C)C1CCCCC1)C(C)(C)C)C(C)(C)C21CCC1)C(=O)NS(=O)(=O)N(C)C(C)C. The molecule has 340 valence electrons. The molecule has 0 unspecified atom stereocenters. The summed E-state index contributed by atoms with van der Waals surface area (Å²) in [5, 5.41) is 9.39. The van der Waals surface area contributed by atoms with E-state index in [1.165, 1.54) is 7.05 Å². The molecule has 2 heterocycles. The zero-order valence-electron chi connectivity index (χ0n) is 38.5. The number of likely N-dealkylation sites (tertiary alicyclic amines) is 2. The summed E-state index contributed by atoms with van der Waals surface area (Å²) in [5.74, 6) is -2.47. The predicted octanol–water partition coefficient (Wildman–Crippen LogP) is 4.63. The molecule has 60 heavy (non-hydrogen) atoms. The van der Waals surface area contributed by atoms with Gasteiger partial charge in [0.1, 0.15) is 23.7 Å². The molecule has 6 rings (SSSR count). The van der Waals surface area contributed by atoms with Crippen LogP contribution in [-0.2, 0) is 34.2 Å². The molecule has 2 saturated heterocycles. The van der Waals surface area contributed by atoms with Crippen molar-refractivity contribution in [3.63, 3.8) is 0 Å². The molecule has 0 aromatic carbocycles. The minimum atomic E-state index is -4.17. The molecule has 2 spiro atoms. The second-order valence-corrected chi connectivity index (χ2v) is 23.4. The van der Waals surface area contributed by atoms with E-state index in [0.717, 1.165) is 81.5 Å². The predicted molar refractivity (Wildman–Crippen MR) is 231 cm³/mol. The third kappa shape index (κ3) is 8.03. The van der Waals surface area contributed by atoms with E-state index in [4.69, 9.17) is 0 Å². The number of nitrogens with one attached hydrogen (secondary N) is 4. The Balaban J connectivity index is 1.28. The Morgan fingerprint density at radius 2 is 1.45 bits per heavy atom. The van der Waals surface area contributed by atoms with Crippen LogP contribution in [0.2, 0.25) is 0 Å². The molecule has 14 nitrogen and oxygen atoms in total. The summed E-state index contributed by atoms with van der Waals surface area (Å²) in [6, 6.07) is -3.28. The van der Waals surface area contributed by atoms with E-state index >= 15 is 4.79 Å². The van der Waals surface area contributed by atoms with Crippen molar-refractivity contribution in [3.05, 3.63) is 0 Å². The van der Waals surface area contributed by atoms with Gasteiger partial charge in [0.15, 0.2) is 0 Å². The number of piperidine rings is 1. The van der Waals surface area contributed by atoms with Gasteiger partial charge in [0.25, 0.3) is 5.91 Å². The lowest BCUT2D eigenvalue weighted by Crippen LogP contribution is -2.63. The molecule has 7 atom stereocenters. The van der Waals surface area contributed by atoms with Gasteiger partial charge in [-0.2, -0.15) is 12.7 Å². The third-order valence-corrected chi connectivity index (χ3v) is 18.3. The van der Waals surface area contributed by atoms with Crippen LogP contribution in [0.25, 0.3) is 0 Å². The molecule has 0 aromatic rings. The highest BCUT2D eigenvalue weighted by Gasteiger charge is 2.85. The Morgan fingerprint density at radius 3 is 1.97 bits per heavy atom. The number of hydrogen-bond donors (Lipinski definition) is 4. The van der Waals surface area contributed by atoms with Crippen LogP contribution < -0.4 is 20.7 Å². The zero-order valence-corrected chi connectivity index (χ0v) is 39.4. The highest BCUT2D eigenvalue weighted by molar-refractivity contribution is 7.87. The number of fused-ring (bicyclic) bond motifs is 1. The van der Waals surface area contributed by atoms with Crippen LogP contribution in [0.5, 0.6) is 0 Å². The minimum absolute atomic E-state index is 0.0104. The monoisotopic (exact) mass is 860 g/mol. The van der Waals surface area contributed by atoms with Crippen LogP contribution in [0, 0.1) is 33.5 Å². The van der Waals surface area contributed by atoms with E-state index in [1.807, 2.05) is 27.7 Å². The topological polar surface area (TPSA) is 177 Å². The summed E-state index contributed by atoms with van der Waals surface area (Å²) in [6.07, 6.45) is 11.7. The Kier molecular flexibility index (Phi) is 13.0. The summed E-state index contributed by atoms with van der Waals surface area (Å²) >= 11 is 0. The van der Waals surface area contributed by atoms with Crippen LogP contribution in [-0.4, -0.2) is 114 Å². The molecule has 6 aliphatic rings. The minimum Gasteiger partial charge on any atom is -0.343 e. The van der Waals surface area contributed by atoms with E-state index in [-0.39, 0.29) is 64.3 Å². The first-order valence-corrected chi connectivity index (χ1v) is 24.6. The second-order valence-electron chi connectivity index (χ2n) is 21.7. The van der Waals surface area contributed by atoms with Crippen molar-refractivity contribution in [1.82, 2.24) is 34.8 Å². The fourth-order valence-electron chi connectivity index (χ4n) is 12.2. The van der Waals surface area contributed by atoms with Gasteiger partial charge < -0.3 is 20.9 Å². The normalized spacial score (nSPS) is 31.2. The maximum absolute atomic E-state index is 15.3. The number of carbonyl (C=O) groups is 5. The fraction of sp³-hybridized carbons (Fsp3) is 0.889. The first kappa shape index (κ1) is 46.7. The van der Waals surface area contributed by atoms with Gasteiger partial charge >= 0.3 is 10.2 Å². The Labute approximate surface area is 360 Å². The van der Waals surface area contributed by atoms with Gasteiger partial charge in [0, 0.05) is 31.1 Å². The number of hydrogen-bond acceptors (Lipinski definition) is 8. The van der Waals surface area contributed by atoms with Crippen molar-refractivity contribution in [2.75, 3.05) is 20.1 Å². The molecule has 0 radical (unpaired) electrons. The van der Waals surface area contributed by atoms with E-state index in [1.54, 1.807) is 18.7 Å². The van der Waals surface area contributed by atoms with Crippen LogP contribution in [0.3, 0.4) is 0 Å². The molecular formula is C45H77N7O7S. The summed E-state index contributed by atoms with van der Waals surface area (Å²) in [4.78, 5) is 76.7. The molecule has 4 saturated carbocycles. The summed E-state index contributed by atoms with van der Waals surface area (Å²) < 4.78 is 29.6. The molecule has 4 N–H and O–H groups in total. The average Bonchev–Trinajstić information content (AvgIpc) is 3.89. The summed E-state index contributed by atoms with van der Waals surface area (Å²) in [7, 11) is -2.77. The van der Waals surface area contributed by atoms with Gasteiger partial charge in [0.05, 0.1) is 6.04 Å². The molecule has 0 bridgehead atoms. The number of carbonyl (C=O) groups excluding carboxylic acids is 5. The summed E-state index contributed by atoms with van der Waals surface area (Å²) in [6.45, 7) is 20.9. The molecule has 5 amide bonds. The fourth-order valence-corrected chi connectivity index (χ4v) is 13.4. The van der Waals surface area contributed by atoms with Crippen molar-refractivity contribution in [2.24, 2.45) is 33.5 Å². The van der Waals surface area contributed by atoms with Crippen molar-refractivity contribution in [1.29, 1.82) is 0 Å². The lowest BCUT2D eigenvalue weighted by Gasteiger charge is -2.40. The van der Waals surface area contributed by atoms with Crippen LogP contribution in [0.1, 0.15) is 159 Å². The lowest BCUT2D eigenvalue weighted by molar-refractivity contribution is -0.145. The standard InChI is InChI=1S/C45H77N7O7S/c1-12-31-25-45(31,40(57)49-60(58,59)50(11)28(2)3)48-37(54)33-26-44(42(9,10)43(44)22-18-23-43)27-52(33)39(56)35(41(6,7)8)47-38(55)34(30-19-14-13-15-20-30)46-36(53)32-21-16-17-24-51(32)29(4)5/h28-35H,12-27H2,1-11H3,(H,46,53)(H,47,55)(H,48,54)(H,49,57)/t31-,32+,33+,34+,35-,44-,45-/m1/s1. The molecule has 6 fully saturated rings. The molecular weight excluding hydrogens is 783 g/mol. The van der Waals surface area contributed by atoms with Gasteiger partial charge in [-0.3, -0.25) is 28.9 Å². The third-order valence-electron chi connectivity index (χ3n) is 16.7. The Bertz CT molecular complexity index is 1780. The maximum atomic E-state index is 15.3. The number of amides is 5. The van der Waals surface area contributed by atoms with Gasteiger partial charge in [0.2, 0.25) is 23.6 Å². The first-order chi connectivity index (χ1) is 27.9. The largest absolute Gasteiger partial charge is 0.343 e. The smallest absolute Gasteiger partial charge is 0.303 e. The second kappa shape index (κ2) is 16.7. The van der Waals surface area contributed by atoms with Crippen molar-refractivity contribution in [3.8, 4) is 0 Å². The van der Waals surface area contributed by atoms with E-state index in [0.29, 0.717) is 19.4 Å². The quantitative estimate of drug-likeness (QED) is 0.196. The zero-order chi connectivity index (χ0) is 44.4. The van der Waals surface area contributed by atoms with Gasteiger partial charge in [-0.25, -0.2) is 4.72 Å². The lowest BCUT2D eigenvalue weighted by atomic mass is 9.73. The van der Waals surface area contributed by atoms with E-state index < -0.39 is 57.1 Å². The van der Waals surface area contributed by atoms with Gasteiger partial charge in [-0.05, 0) is 114 Å². The van der Waals surface area contributed by atoms with Crippen molar-refractivity contribution < 1.29 is 32.4 Å². The Hall–Kier alpha value is -2.78. The molecule has 15 heteroatoms. The maximum Gasteiger partial charge on any atom is 0.303 e. The Morgan fingerprint density at radius 1 is 0.817 bits per heavy atom. The number of rotatable bonds is 14.